The van der Waals surface area contributed by atoms with Crippen LogP contribution in [0.15, 0.2) is 53.3 Å². The van der Waals surface area contributed by atoms with Gasteiger partial charge in [-0.1, -0.05) is 58.4 Å². The molecule has 98 valence electrons. The number of halogens is 1. The fraction of sp³-hybridized carbons (Fsp3) is 0.118. The first-order valence-electron chi connectivity index (χ1n) is 6.55. The maximum Gasteiger partial charge on any atom is 0.256 e. The van der Waals surface area contributed by atoms with Crippen LogP contribution in [0.1, 0.15) is 18.1 Å². The molecule has 0 radical (unpaired) electrons. The van der Waals surface area contributed by atoms with Crippen molar-refractivity contribution in [3.05, 3.63) is 70.0 Å². The Morgan fingerprint density at radius 3 is 2.45 bits per heavy atom. The van der Waals surface area contributed by atoms with Gasteiger partial charge in [-0.2, -0.15) is 0 Å². The molecule has 1 aromatic heterocycles. The molecule has 0 fully saturated rings. The number of hydrogen-bond donors (Lipinski definition) is 1. The maximum atomic E-state index is 12.3. The Balaban J connectivity index is 2.26. The number of rotatable bonds is 0. The molecule has 1 aliphatic carbocycles. The van der Waals surface area contributed by atoms with Crippen LogP contribution in [0, 0.1) is 0 Å². The molecule has 1 N–H and O–H groups in total. The van der Waals surface area contributed by atoms with Crippen LogP contribution in [0.25, 0.3) is 22.0 Å². The number of benzene rings is 2. The van der Waals surface area contributed by atoms with E-state index < -0.39 is 0 Å². The predicted molar refractivity (Wildman–Crippen MR) is 85.4 cm³/mol. The third kappa shape index (κ3) is 1.36. The first-order chi connectivity index (χ1) is 9.60. The number of aromatic nitrogens is 1. The summed E-state index contributed by atoms with van der Waals surface area (Å²) in [5, 5.41) is 1.76. The Hall–Kier alpha value is -1.87. The van der Waals surface area contributed by atoms with E-state index in [2.05, 4.69) is 40.0 Å². The van der Waals surface area contributed by atoms with E-state index in [4.69, 9.17) is 0 Å². The number of fused-ring (bicyclic) bond motifs is 5. The lowest BCUT2D eigenvalue weighted by molar-refractivity contribution is 0.896. The Morgan fingerprint density at radius 1 is 1.00 bits per heavy atom. The molecule has 20 heavy (non-hydrogen) atoms. The highest BCUT2D eigenvalue weighted by Crippen LogP contribution is 2.53. The summed E-state index contributed by atoms with van der Waals surface area (Å²) in [5.74, 6) is 0. The summed E-state index contributed by atoms with van der Waals surface area (Å²) < 4.78 is -0.275. The first-order valence-corrected chi connectivity index (χ1v) is 7.34. The zero-order chi connectivity index (χ0) is 13.9. The fourth-order valence-corrected chi connectivity index (χ4v) is 3.97. The van der Waals surface area contributed by atoms with Gasteiger partial charge in [0.2, 0.25) is 0 Å². The van der Waals surface area contributed by atoms with Gasteiger partial charge >= 0.3 is 0 Å². The van der Waals surface area contributed by atoms with E-state index in [-0.39, 0.29) is 9.88 Å². The molecule has 1 atom stereocenters. The smallest absolute Gasteiger partial charge is 0.256 e. The van der Waals surface area contributed by atoms with Crippen molar-refractivity contribution >= 4 is 26.7 Å². The summed E-state index contributed by atoms with van der Waals surface area (Å²) in [4.78, 5) is 15.3. The molecule has 0 bridgehead atoms. The Kier molecular flexibility index (Phi) is 2.28. The lowest BCUT2D eigenvalue weighted by Crippen LogP contribution is -2.15. The molecule has 1 unspecified atom stereocenters. The molecule has 1 heterocycles. The average molecular weight is 326 g/mol. The highest BCUT2D eigenvalue weighted by molar-refractivity contribution is 9.09. The van der Waals surface area contributed by atoms with Crippen molar-refractivity contribution in [2.75, 3.05) is 0 Å². The molecule has 0 saturated carbocycles. The van der Waals surface area contributed by atoms with Gasteiger partial charge < -0.3 is 4.98 Å². The lowest BCUT2D eigenvalue weighted by atomic mass is 9.95. The molecular formula is C17H12BrNO. The van der Waals surface area contributed by atoms with Gasteiger partial charge in [-0.3, -0.25) is 4.79 Å². The highest BCUT2D eigenvalue weighted by atomic mass is 79.9. The summed E-state index contributed by atoms with van der Waals surface area (Å²) in [7, 11) is 0. The SMILES string of the molecule is CC1(Br)c2ccccc2-c2[nH]c(=O)c3ccccc3c21. The van der Waals surface area contributed by atoms with E-state index >= 15 is 0 Å². The molecule has 4 rings (SSSR count). The van der Waals surface area contributed by atoms with E-state index in [9.17, 15) is 4.79 Å². The topological polar surface area (TPSA) is 32.9 Å². The summed E-state index contributed by atoms with van der Waals surface area (Å²) >= 11 is 3.86. The normalized spacial score (nSPS) is 19.9. The Labute approximate surface area is 124 Å². The molecule has 3 heteroatoms. The van der Waals surface area contributed by atoms with Crippen molar-refractivity contribution in [3.8, 4) is 11.3 Å². The number of pyridine rings is 1. The number of aromatic amines is 1. The summed E-state index contributed by atoms with van der Waals surface area (Å²) in [6.07, 6.45) is 0. The van der Waals surface area contributed by atoms with Gasteiger partial charge in [-0.25, -0.2) is 0 Å². The molecular weight excluding hydrogens is 314 g/mol. The predicted octanol–water partition coefficient (Wildman–Crippen LogP) is 4.17. The minimum Gasteiger partial charge on any atom is -0.321 e. The van der Waals surface area contributed by atoms with Crippen molar-refractivity contribution in [1.29, 1.82) is 0 Å². The quantitative estimate of drug-likeness (QED) is 0.618. The van der Waals surface area contributed by atoms with Crippen LogP contribution in [-0.4, -0.2) is 4.98 Å². The fourth-order valence-electron chi connectivity index (χ4n) is 3.21. The number of alkyl halides is 1. The van der Waals surface area contributed by atoms with Crippen LogP contribution < -0.4 is 5.56 Å². The van der Waals surface area contributed by atoms with Gasteiger partial charge in [0.25, 0.3) is 5.56 Å². The molecule has 0 aliphatic heterocycles. The molecule has 1 aliphatic rings. The van der Waals surface area contributed by atoms with Gasteiger partial charge in [0.05, 0.1) is 10.0 Å². The minimum atomic E-state index is -0.275. The van der Waals surface area contributed by atoms with E-state index in [1.807, 2.05) is 36.4 Å². The number of hydrogen-bond acceptors (Lipinski definition) is 1. The summed E-state index contributed by atoms with van der Waals surface area (Å²) in [6, 6.07) is 16.0. The molecule has 3 aromatic rings. The van der Waals surface area contributed by atoms with Crippen molar-refractivity contribution < 1.29 is 0 Å². The minimum absolute atomic E-state index is 0.0284. The van der Waals surface area contributed by atoms with Crippen LogP contribution in [0.4, 0.5) is 0 Å². The Bertz CT molecular complexity index is 908. The van der Waals surface area contributed by atoms with Crippen LogP contribution in [0.5, 0.6) is 0 Å². The van der Waals surface area contributed by atoms with Crippen LogP contribution in [0.3, 0.4) is 0 Å². The number of H-pyrrole nitrogens is 1. The lowest BCUT2D eigenvalue weighted by Gasteiger charge is -2.20. The molecule has 0 saturated heterocycles. The van der Waals surface area contributed by atoms with Gasteiger partial charge in [0.15, 0.2) is 0 Å². The van der Waals surface area contributed by atoms with Gasteiger partial charge in [0.1, 0.15) is 0 Å². The van der Waals surface area contributed by atoms with E-state index in [0.717, 1.165) is 27.6 Å². The molecule has 2 aromatic carbocycles. The Morgan fingerprint density at radius 2 is 1.65 bits per heavy atom. The van der Waals surface area contributed by atoms with E-state index in [1.165, 1.54) is 5.56 Å². The number of nitrogens with one attached hydrogen (secondary N) is 1. The van der Waals surface area contributed by atoms with Crippen LogP contribution in [0.2, 0.25) is 0 Å². The van der Waals surface area contributed by atoms with Crippen LogP contribution >= 0.6 is 15.9 Å². The van der Waals surface area contributed by atoms with Crippen molar-refractivity contribution in [1.82, 2.24) is 4.98 Å². The van der Waals surface area contributed by atoms with Crippen molar-refractivity contribution in [3.63, 3.8) is 0 Å². The van der Waals surface area contributed by atoms with Crippen molar-refractivity contribution in [2.45, 2.75) is 11.2 Å². The van der Waals surface area contributed by atoms with E-state index in [1.54, 1.807) is 0 Å². The second-order valence-corrected chi connectivity index (χ2v) is 6.88. The standard InChI is InChI=1S/C17H12BrNO/c1-17(18)13-9-5-4-8-12(13)15-14(17)10-6-2-3-7-11(10)16(20)19-15/h2-9H,1H3,(H,19,20). The largest absolute Gasteiger partial charge is 0.321 e. The maximum absolute atomic E-state index is 12.3. The van der Waals surface area contributed by atoms with Gasteiger partial charge in [-0.05, 0) is 23.9 Å². The average Bonchev–Trinajstić information content (AvgIpc) is 2.68. The van der Waals surface area contributed by atoms with Gasteiger partial charge in [0, 0.05) is 16.5 Å². The summed E-state index contributed by atoms with van der Waals surface area (Å²) in [6.45, 7) is 2.14. The van der Waals surface area contributed by atoms with Crippen molar-refractivity contribution in [2.24, 2.45) is 0 Å². The summed E-state index contributed by atoms with van der Waals surface area (Å²) in [5.41, 5.74) is 4.35. The van der Waals surface area contributed by atoms with Gasteiger partial charge in [-0.15, -0.1) is 0 Å². The molecule has 0 spiro atoms. The first kappa shape index (κ1) is 11.9. The third-order valence-corrected chi connectivity index (χ3v) is 4.92. The molecule has 0 amide bonds. The monoisotopic (exact) mass is 325 g/mol. The zero-order valence-corrected chi connectivity index (χ0v) is 12.5. The zero-order valence-electron chi connectivity index (χ0n) is 10.9. The second kappa shape index (κ2) is 3.83. The van der Waals surface area contributed by atoms with Crippen LogP contribution in [-0.2, 0) is 4.32 Å². The molecule has 2 nitrogen and oxygen atoms in total. The highest BCUT2D eigenvalue weighted by Gasteiger charge is 2.39. The second-order valence-electron chi connectivity index (χ2n) is 5.30. The van der Waals surface area contributed by atoms with E-state index in [0.29, 0.717) is 0 Å². The third-order valence-electron chi connectivity index (χ3n) is 4.10.